The van der Waals surface area contributed by atoms with Crippen molar-refractivity contribution in [3.63, 3.8) is 0 Å². The second-order valence-corrected chi connectivity index (χ2v) is 4.59. The van der Waals surface area contributed by atoms with Gasteiger partial charge in [-0.3, -0.25) is 0 Å². The average molecular weight is 317 g/mol. The van der Waals surface area contributed by atoms with Crippen LogP contribution < -0.4 is 0 Å². The Labute approximate surface area is 122 Å². The lowest BCUT2D eigenvalue weighted by atomic mass is 10.1. The summed E-state index contributed by atoms with van der Waals surface area (Å²) in [4.78, 5) is 17.8. The third-order valence-corrected chi connectivity index (χ3v) is 2.87. The summed E-state index contributed by atoms with van der Waals surface area (Å²) in [5.74, 6) is -1.84. The zero-order valence-corrected chi connectivity index (χ0v) is 11.1. The Hall–Kier alpha value is -2.15. The van der Waals surface area contributed by atoms with E-state index in [1.807, 2.05) is 0 Å². The lowest BCUT2D eigenvalue weighted by Crippen LogP contribution is -2.17. The van der Waals surface area contributed by atoms with E-state index in [0.717, 1.165) is 0 Å². The summed E-state index contributed by atoms with van der Waals surface area (Å²) in [6.45, 7) is 0. The molecule has 1 N–H and O–H groups in total. The van der Waals surface area contributed by atoms with Gasteiger partial charge in [0.2, 0.25) is 0 Å². The summed E-state index contributed by atoms with van der Waals surface area (Å²) in [6.07, 6.45) is -4.14. The van der Waals surface area contributed by atoms with Crippen molar-refractivity contribution in [3.05, 3.63) is 58.1 Å². The Morgan fingerprint density at radius 1 is 1.24 bits per heavy atom. The number of carboxylic acid groups (broad SMARTS) is 1. The monoisotopic (exact) mass is 316 g/mol. The van der Waals surface area contributed by atoms with Gasteiger partial charge in [-0.1, -0.05) is 23.7 Å². The number of hydrogen-bond donors (Lipinski definition) is 1. The molecule has 110 valence electrons. The molecule has 0 saturated heterocycles. The zero-order valence-electron chi connectivity index (χ0n) is 10.4. The number of rotatable bonds is 3. The van der Waals surface area contributed by atoms with E-state index in [4.69, 9.17) is 16.7 Å². The number of halogens is 4. The molecular weight excluding hydrogens is 309 g/mol. The van der Waals surface area contributed by atoms with Crippen LogP contribution in [0.25, 0.3) is 0 Å². The number of alkyl halides is 3. The molecule has 0 saturated carbocycles. The lowest BCUT2D eigenvalue weighted by Gasteiger charge is -2.10. The minimum absolute atomic E-state index is 0.0418. The maximum absolute atomic E-state index is 12.8. The third-order valence-electron chi connectivity index (χ3n) is 2.61. The van der Waals surface area contributed by atoms with Crippen LogP contribution in [0.1, 0.15) is 27.4 Å². The molecule has 0 amide bonds. The van der Waals surface area contributed by atoms with Gasteiger partial charge in [-0.25, -0.2) is 14.8 Å². The Bertz CT molecular complexity index is 672. The van der Waals surface area contributed by atoms with Crippen LogP contribution >= 0.6 is 11.6 Å². The third kappa shape index (κ3) is 3.69. The first-order chi connectivity index (χ1) is 9.77. The molecule has 2 aromatic rings. The Morgan fingerprint density at radius 3 is 2.38 bits per heavy atom. The fourth-order valence-corrected chi connectivity index (χ4v) is 1.79. The molecule has 21 heavy (non-hydrogen) atoms. The number of nitrogens with zero attached hydrogens (tertiary/aromatic N) is 2. The molecule has 0 unspecified atom stereocenters. The van der Waals surface area contributed by atoms with Crippen LogP contribution in [-0.4, -0.2) is 21.0 Å². The van der Waals surface area contributed by atoms with E-state index in [1.165, 1.54) is 0 Å². The molecule has 0 atom stereocenters. The first-order valence-corrected chi connectivity index (χ1v) is 6.06. The minimum Gasteiger partial charge on any atom is -0.478 e. The van der Waals surface area contributed by atoms with Crippen molar-refractivity contribution in [1.29, 1.82) is 0 Å². The highest BCUT2D eigenvalue weighted by Crippen LogP contribution is 2.30. The van der Waals surface area contributed by atoms with Crippen LogP contribution in [0.2, 0.25) is 5.02 Å². The summed E-state index contributed by atoms with van der Waals surface area (Å²) >= 11 is 5.71. The molecule has 0 bridgehead atoms. The van der Waals surface area contributed by atoms with Gasteiger partial charge in [0, 0.05) is 17.6 Å². The maximum atomic E-state index is 12.8. The van der Waals surface area contributed by atoms with Crippen molar-refractivity contribution < 1.29 is 23.1 Å². The van der Waals surface area contributed by atoms with E-state index in [1.54, 1.807) is 24.3 Å². The second-order valence-electron chi connectivity index (χ2n) is 4.15. The van der Waals surface area contributed by atoms with Gasteiger partial charge >= 0.3 is 12.1 Å². The Kier molecular flexibility index (Phi) is 4.13. The molecule has 0 radical (unpaired) electrons. The maximum Gasteiger partial charge on any atom is 0.434 e. The average Bonchev–Trinajstić information content (AvgIpc) is 2.40. The minimum atomic E-state index is -4.86. The van der Waals surface area contributed by atoms with Crippen LogP contribution in [-0.2, 0) is 12.6 Å². The summed E-state index contributed by atoms with van der Waals surface area (Å²) in [7, 11) is 0. The van der Waals surface area contributed by atoms with Gasteiger partial charge in [0.05, 0.1) is 0 Å². The molecule has 0 aliphatic heterocycles. The van der Waals surface area contributed by atoms with Gasteiger partial charge in [-0.05, 0) is 17.7 Å². The van der Waals surface area contributed by atoms with Gasteiger partial charge in [0.1, 0.15) is 11.4 Å². The second kappa shape index (κ2) is 5.69. The number of benzene rings is 1. The number of hydrogen-bond acceptors (Lipinski definition) is 3. The van der Waals surface area contributed by atoms with Gasteiger partial charge in [-0.15, -0.1) is 0 Å². The van der Waals surface area contributed by atoms with Crippen molar-refractivity contribution >= 4 is 17.6 Å². The number of aromatic nitrogens is 2. The van der Waals surface area contributed by atoms with Gasteiger partial charge in [-0.2, -0.15) is 13.2 Å². The molecule has 4 nitrogen and oxygen atoms in total. The van der Waals surface area contributed by atoms with E-state index in [2.05, 4.69) is 9.97 Å². The van der Waals surface area contributed by atoms with Gasteiger partial charge < -0.3 is 5.11 Å². The summed E-state index contributed by atoms with van der Waals surface area (Å²) in [5, 5.41) is 9.24. The lowest BCUT2D eigenvalue weighted by molar-refractivity contribution is -0.141. The predicted octanol–water partition coefficient (Wildman–Crippen LogP) is 3.44. The van der Waals surface area contributed by atoms with E-state index in [-0.39, 0.29) is 12.2 Å². The molecule has 0 aliphatic rings. The fourth-order valence-electron chi connectivity index (χ4n) is 1.66. The molecule has 0 aliphatic carbocycles. The first-order valence-electron chi connectivity index (χ1n) is 5.68. The van der Waals surface area contributed by atoms with Crippen LogP contribution in [0.5, 0.6) is 0 Å². The highest BCUT2D eigenvalue weighted by atomic mass is 35.5. The van der Waals surface area contributed by atoms with Crippen LogP contribution in [0.3, 0.4) is 0 Å². The topological polar surface area (TPSA) is 63.1 Å². The number of carbonyl (C=O) groups is 1. The first kappa shape index (κ1) is 15.2. The molecule has 1 aromatic heterocycles. The standard InChI is InChI=1S/C13H8ClF3N2O2/c14-8-3-1-7(2-4-8)5-10-18-6-9(12(20)21)11(19-10)13(15,16)17/h1-4,6H,5H2,(H,20,21). The number of aromatic carboxylic acids is 1. The van der Waals surface area contributed by atoms with Crippen molar-refractivity contribution in [2.45, 2.75) is 12.6 Å². The Balaban J connectivity index is 2.38. The summed E-state index contributed by atoms with van der Waals surface area (Å²) in [5.41, 5.74) is -1.76. The summed E-state index contributed by atoms with van der Waals surface area (Å²) < 4.78 is 38.4. The van der Waals surface area contributed by atoms with E-state index in [0.29, 0.717) is 16.8 Å². The van der Waals surface area contributed by atoms with E-state index >= 15 is 0 Å². The largest absolute Gasteiger partial charge is 0.478 e. The van der Waals surface area contributed by atoms with Crippen molar-refractivity contribution in [3.8, 4) is 0 Å². The highest BCUT2D eigenvalue weighted by molar-refractivity contribution is 6.30. The smallest absolute Gasteiger partial charge is 0.434 e. The van der Waals surface area contributed by atoms with Crippen LogP contribution in [0.4, 0.5) is 13.2 Å². The molecule has 1 aromatic carbocycles. The highest BCUT2D eigenvalue weighted by Gasteiger charge is 2.38. The molecule has 8 heteroatoms. The van der Waals surface area contributed by atoms with Crippen molar-refractivity contribution in [2.24, 2.45) is 0 Å². The van der Waals surface area contributed by atoms with Gasteiger partial charge in [0.25, 0.3) is 0 Å². The predicted molar refractivity (Wildman–Crippen MR) is 68.3 cm³/mol. The normalized spacial score (nSPS) is 11.4. The van der Waals surface area contributed by atoms with Gasteiger partial charge in [0.15, 0.2) is 5.69 Å². The van der Waals surface area contributed by atoms with E-state index < -0.39 is 23.4 Å². The molecule has 0 fully saturated rings. The van der Waals surface area contributed by atoms with Crippen LogP contribution in [0, 0.1) is 0 Å². The van der Waals surface area contributed by atoms with Crippen LogP contribution in [0.15, 0.2) is 30.5 Å². The quantitative estimate of drug-likeness (QED) is 0.942. The Morgan fingerprint density at radius 2 is 1.86 bits per heavy atom. The van der Waals surface area contributed by atoms with E-state index in [9.17, 15) is 18.0 Å². The molecule has 0 spiro atoms. The molecule has 1 heterocycles. The summed E-state index contributed by atoms with van der Waals surface area (Å²) in [6, 6.07) is 6.44. The SMILES string of the molecule is O=C(O)c1cnc(Cc2ccc(Cl)cc2)nc1C(F)(F)F. The van der Waals surface area contributed by atoms with Crippen molar-refractivity contribution in [2.75, 3.05) is 0 Å². The fraction of sp³-hybridized carbons (Fsp3) is 0.154. The zero-order chi connectivity index (χ0) is 15.6. The molecular formula is C13H8ClF3N2O2. The molecule has 2 rings (SSSR count). The number of carboxylic acids is 1. The van der Waals surface area contributed by atoms with Crippen molar-refractivity contribution in [1.82, 2.24) is 9.97 Å².